The standard InChI is InChI=1S/C23H25ClN4OS/c24-20-8-6-18(7-9-20)16-27-11-13-28(14-12-27)17-21(29)26-22(23-25-10-15-30-23)19-4-2-1-3-5-19/h1-10,15,22H,11-14,16-17H2,(H,26,29). The van der Waals surface area contributed by atoms with Crippen molar-refractivity contribution in [3.05, 3.63) is 87.3 Å². The van der Waals surface area contributed by atoms with Gasteiger partial charge in [-0.05, 0) is 23.3 Å². The van der Waals surface area contributed by atoms with E-state index >= 15 is 0 Å². The van der Waals surface area contributed by atoms with Crippen molar-refractivity contribution < 1.29 is 4.79 Å². The number of benzene rings is 2. The minimum Gasteiger partial charge on any atom is -0.342 e. The molecule has 5 nitrogen and oxygen atoms in total. The van der Waals surface area contributed by atoms with Crippen molar-refractivity contribution in [2.24, 2.45) is 0 Å². The maximum Gasteiger partial charge on any atom is 0.235 e. The maximum absolute atomic E-state index is 12.8. The van der Waals surface area contributed by atoms with Crippen LogP contribution in [0.15, 0.2) is 66.2 Å². The van der Waals surface area contributed by atoms with E-state index in [2.05, 4.69) is 32.2 Å². The molecule has 0 radical (unpaired) electrons. The van der Waals surface area contributed by atoms with E-state index in [1.54, 1.807) is 17.5 Å². The quantitative estimate of drug-likeness (QED) is 0.606. The van der Waals surface area contributed by atoms with Gasteiger partial charge in [0.25, 0.3) is 0 Å². The Balaban J connectivity index is 1.29. The molecule has 1 amide bonds. The van der Waals surface area contributed by atoms with E-state index in [0.29, 0.717) is 6.54 Å². The topological polar surface area (TPSA) is 48.5 Å². The molecule has 1 aliphatic heterocycles. The number of halogens is 1. The molecule has 1 aromatic heterocycles. The van der Waals surface area contributed by atoms with Gasteiger partial charge in [0.15, 0.2) is 0 Å². The Labute approximate surface area is 186 Å². The Bertz CT molecular complexity index is 926. The first kappa shape index (κ1) is 21.0. The molecule has 1 atom stereocenters. The Hall–Kier alpha value is -2.25. The summed E-state index contributed by atoms with van der Waals surface area (Å²) in [5.41, 5.74) is 2.31. The zero-order chi connectivity index (χ0) is 20.8. The summed E-state index contributed by atoms with van der Waals surface area (Å²) in [6.45, 7) is 4.98. The molecule has 156 valence electrons. The van der Waals surface area contributed by atoms with Crippen LogP contribution in [0.3, 0.4) is 0 Å². The van der Waals surface area contributed by atoms with Gasteiger partial charge in [-0.3, -0.25) is 14.6 Å². The molecule has 3 aromatic rings. The zero-order valence-electron chi connectivity index (χ0n) is 16.7. The lowest BCUT2D eigenvalue weighted by atomic mass is 10.1. The molecule has 2 heterocycles. The lowest BCUT2D eigenvalue weighted by Crippen LogP contribution is -2.49. The molecule has 1 aliphatic rings. The summed E-state index contributed by atoms with van der Waals surface area (Å²) in [4.78, 5) is 21.9. The first-order valence-corrected chi connectivity index (χ1v) is 11.4. The van der Waals surface area contributed by atoms with Gasteiger partial charge in [-0.15, -0.1) is 11.3 Å². The number of piperazine rings is 1. The molecule has 0 saturated carbocycles. The van der Waals surface area contributed by atoms with Crippen LogP contribution >= 0.6 is 22.9 Å². The van der Waals surface area contributed by atoms with Crippen molar-refractivity contribution in [3.63, 3.8) is 0 Å². The van der Waals surface area contributed by atoms with E-state index in [4.69, 9.17) is 11.6 Å². The fourth-order valence-corrected chi connectivity index (χ4v) is 4.51. The third kappa shape index (κ3) is 5.67. The van der Waals surface area contributed by atoms with Gasteiger partial charge in [-0.2, -0.15) is 0 Å². The van der Waals surface area contributed by atoms with Crippen LogP contribution < -0.4 is 5.32 Å². The molecule has 2 aromatic carbocycles. The lowest BCUT2D eigenvalue weighted by Gasteiger charge is -2.34. The third-order valence-electron chi connectivity index (χ3n) is 5.29. The number of rotatable bonds is 7. The van der Waals surface area contributed by atoms with Gasteiger partial charge in [0.1, 0.15) is 11.0 Å². The SMILES string of the molecule is O=C(CN1CCN(Cc2ccc(Cl)cc2)CC1)NC(c1ccccc1)c1nccs1. The Morgan fingerprint density at radius 1 is 1.03 bits per heavy atom. The van der Waals surface area contributed by atoms with Crippen molar-refractivity contribution >= 4 is 28.8 Å². The molecule has 0 bridgehead atoms. The van der Waals surface area contributed by atoms with Crippen molar-refractivity contribution in [2.45, 2.75) is 12.6 Å². The Morgan fingerprint density at radius 3 is 2.40 bits per heavy atom. The highest BCUT2D eigenvalue weighted by atomic mass is 35.5. The van der Waals surface area contributed by atoms with Crippen LogP contribution in [0.4, 0.5) is 0 Å². The predicted molar refractivity (Wildman–Crippen MR) is 122 cm³/mol. The number of aromatic nitrogens is 1. The molecule has 7 heteroatoms. The molecule has 0 spiro atoms. The van der Waals surface area contributed by atoms with Crippen LogP contribution in [0.5, 0.6) is 0 Å². The predicted octanol–water partition coefficient (Wildman–Crippen LogP) is 3.82. The summed E-state index contributed by atoms with van der Waals surface area (Å²) < 4.78 is 0. The van der Waals surface area contributed by atoms with Crippen LogP contribution in [0, 0.1) is 0 Å². The normalized spacial score (nSPS) is 16.3. The summed E-state index contributed by atoms with van der Waals surface area (Å²) >= 11 is 7.53. The summed E-state index contributed by atoms with van der Waals surface area (Å²) in [6.07, 6.45) is 1.78. The van der Waals surface area contributed by atoms with Gasteiger partial charge in [0, 0.05) is 49.3 Å². The average Bonchev–Trinajstić information content (AvgIpc) is 3.30. The first-order chi connectivity index (χ1) is 14.7. The summed E-state index contributed by atoms with van der Waals surface area (Å²) in [6, 6.07) is 17.8. The maximum atomic E-state index is 12.8. The monoisotopic (exact) mass is 440 g/mol. The molecule has 30 heavy (non-hydrogen) atoms. The molecular weight excluding hydrogens is 416 g/mol. The second kappa shape index (κ2) is 10.2. The van der Waals surface area contributed by atoms with Crippen molar-refractivity contribution in [1.82, 2.24) is 20.1 Å². The molecule has 1 fully saturated rings. The Morgan fingerprint density at radius 2 is 1.73 bits per heavy atom. The van der Waals surface area contributed by atoms with Gasteiger partial charge >= 0.3 is 0 Å². The van der Waals surface area contributed by atoms with Gasteiger partial charge in [0.2, 0.25) is 5.91 Å². The number of hydrogen-bond donors (Lipinski definition) is 1. The molecule has 1 N–H and O–H groups in total. The number of carbonyl (C=O) groups is 1. The minimum absolute atomic E-state index is 0.0326. The van der Waals surface area contributed by atoms with Gasteiger partial charge in [0.05, 0.1) is 6.54 Å². The smallest absolute Gasteiger partial charge is 0.235 e. The molecule has 4 rings (SSSR count). The number of nitrogens with zero attached hydrogens (tertiary/aromatic N) is 3. The fraction of sp³-hybridized carbons (Fsp3) is 0.304. The van der Waals surface area contributed by atoms with Crippen LogP contribution in [0.2, 0.25) is 5.02 Å². The highest BCUT2D eigenvalue weighted by Crippen LogP contribution is 2.23. The lowest BCUT2D eigenvalue weighted by molar-refractivity contribution is -0.123. The van der Waals surface area contributed by atoms with Crippen LogP contribution in [0.1, 0.15) is 22.2 Å². The van der Waals surface area contributed by atoms with Gasteiger partial charge < -0.3 is 5.32 Å². The highest BCUT2D eigenvalue weighted by molar-refractivity contribution is 7.09. The van der Waals surface area contributed by atoms with Crippen LogP contribution in [0.25, 0.3) is 0 Å². The van der Waals surface area contributed by atoms with E-state index in [1.807, 2.05) is 47.8 Å². The van der Waals surface area contributed by atoms with Gasteiger partial charge in [-0.25, -0.2) is 4.98 Å². The van der Waals surface area contributed by atoms with Crippen LogP contribution in [-0.2, 0) is 11.3 Å². The first-order valence-electron chi connectivity index (χ1n) is 10.1. The molecule has 0 aliphatic carbocycles. The third-order valence-corrected chi connectivity index (χ3v) is 6.38. The van der Waals surface area contributed by atoms with Gasteiger partial charge in [-0.1, -0.05) is 54.1 Å². The van der Waals surface area contributed by atoms with E-state index in [-0.39, 0.29) is 11.9 Å². The molecule has 1 unspecified atom stereocenters. The highest BCUT2D eigenvalue weighted by Gasteiger charge is 2.23. The van der Waals surface area contributed by atoms with Crippen molar-refractivity contribution in [2.75, 3.05) is 32.7 Å². The second-order valence-corrected chi connectivity index (χ2v) is 8.82. The molecular formula is C23H25ClN4OS. The van der Waals surface area contributed by atoms with E-state index in [1.165, 1.54) is 5.56 Å². The largest absolute Gasteiger partial charge is 0.342 e. The number of thiazole rings is 1. The van der Waals surface area contributed by atoms with E-state index in [9.17, 15) is 4.79 Å². The average molecular weight is 441 g/mol. The number of carbonyl (C=O) groups excluding carboxylic acids is 1. The Kier molecular flexibility index (Phi) is 7.12. The summed E-state index contributed by atoms with van der Waals surface area (Å²) in [7, 11) is 0. The fourth-order valence-electron chi connectivity index (χ4n) is 3.67. The molecule has 1 saturated heterocycles. The second-order valence-electron chi connectivity index (χ2n) is 7.46. The number of hydrogen-bond acceptors (Lipinski definition) is 5. The van der Waals surface area contributed by atoms with E-state index in [0.717, 1.165) is 48.3 Å². The minimum atomic E-state index is -0.204. The summed E-state index contributed by atoms with van der Waals surface area (Å²) in [5, 5.41) is 6.79. The van der Waals surface area contributed by atoms with Crippen molar-refractivity contribution in [1.29, 1.82) is 0 Å². The number of nitrogens with one attached hydrogen (secondary N) is 1. The summed E-state index contributed by atoms with van der Waals surface area (Å²) in [5.74, 6) is 0.0326. The van der Waals surface area contributed by atoms with Crippen molar-refractivity contribution in [3.8, 4) is 0 Å². The van der Waals surface area contributed by atoms with Crippen LogP contribution in [-0.4, -0.2) is 53.4 Å². The number of amides is 1. The zero-order valence-corrected chi connectivity index (χ0v) is 18.3. The van der Waals surface area contributed by atoms with E-state index < -0.39 is 0 Å².